The Balaban J connectivity index is 1.21. The highest BCUT2D eigenvalue weighted by Crippen LogP contribution is 2.31. The molecule has 2 aromatic heterocycles. The molecule has 0 bridgehead atoms. The van der Waals surface area contributed by atoms with Gasteiger partial charge in [-0.05, 0) is 73.2 Å². The Hall–Kier alpha value is -3.56. The maximum absolute atomic E-state index is 13.2. The maximum atomic E-state index is 13.2. The Kier molecular flexibility index (Phi) is 6.12. The van der Waals surface area contributed by atoms with E-state index in [0.29, 0.717) is 11.0 Å². The summed E-state index contributed by atoms with van der Waals surface area (Å²) in [6, 6.07) is 20.0. The topological polar surface area (TPSA) is 72.7 Å². The van der Waals surface area contributed by atoms with Crippen LogP contribution in [0.25, 0.3) is 32.2 Å². The fourth-order valence-electron chi connectivity index (χ4n) is 3.47. The highest BCUT2D eigenvalue weighted by molar-refractivity contribution is 7.99. The van der Waals surface area contributed by atoms with Crippen molar-refractivity contribution in [1.29, 1.82) is 0 Å². The minimum Gasteiger partial charge on any atom is -0.325 e. The first kappa shape index (κ1) is 22.2. The van der Waals surface area contributed by atoms with Gasteiger partial charge in [-0.1, -0.05) is 17.8 Å². The van der Waals surface area contributed by atoms with Crippen LogP contribution in [0.15, 0.2) is 71.9 Å². The van der Waals surface area contributed by atoms with Gasteiger partial charge in [0.15, 0.2) is 11.0 Å². The van der Waals surface area contributed by atoms with Crippen LogP contribution in [0.2, 0.25) is 0 Å². The van der Waals surface area contributed by atoms with Crippen molar-refractivity contribution in [3.63, 3.8) is 0 Å². The second-order valence-electron chi connectivity index (χ2n) is 7.78. The second-order valence-corrected chi connectivity index (χ2v) is 9.75. The fraction of sp³-hybridized carbons (Fsp3) is 0.120. The van der Waals surface area contributed by atoms with E-state index in [9.17, 15) is 9.18 Å². The average molecular weight is 490 g/mol. The Bertz CT molecular complexity index is 1480. The van der Waals surface area contributed by atoms with Crippen LogP contribution < -0.4 is 5.32 Å². The number of fused-ring (bicyclic) bond motifs is 1. The zero-order valence-corrected chi connectivity index (χ0v) is 20.1. The first-order chi connectivity index (χ1) is 16.5. The van der Waals surface area contributed by atoms with Crippen molar-refractivity contribution in [3.8, 4) is 22.0 Å². The van der Waals surface area contributed by atoms with Crippen LogP contribution in [-0.4, -0.2) is 31.4 Å². The molecule has 9 heteroatoms. The Morgan fingerprint density at radius 2 is 1.76 bits per heavy atom. The summed E-state index contributed by atoms with van der Waals surface area (Å²) in [4.78, 5) is 17.2. The monoisotopic (exact) mass is 489 g/mol. The van der Waals surface area contributed by atoms with Crippen LogP contribution in [0.4, 0.5) is 10.1 Å². The standard InChI is InChI=1S/C25H20FN5OS2/c1-15-3-12-20-21(13-15)34-24(28-20)17-6-10-19(11-7-17)27-22(32)14-33-25-30-29-23(31(25)2)16-4-8-18(26)9-5-16/h3-13H,14H2,1-2H3,(H,27,32). The molecular formula is C25H20FN5OS2. The molecule has 5 aromatic rings. The molecule has 6 nitrogen and oxygen atoms in total. The minimum absolute atomic E-state index is 0.139. The number of rotatable bonds is 6. The normalized spacial score (nSPS) is 11.1. The van der Waals surface area contributed by atoms with Gasteiger partial charge in [0.05, 0.1) is 16.0 Å². The predicted octanol–water partition coefficient (Wildman–Crippen LogP) is 5.94. The molecule has 170 valence electrons. The van der Waals surface area contributed by atoms with E-state index in [1.54, 1.807) is 28.0 Å². The Labute approximate surface area is 203 Å². The van der Waals surface area contributed by atoms with Gasteiger partial charge in [-0.25, -0.2) is 9.37 Å². The molecule has 1 N–H and O–H groups in total. The number of thiazole rings is 1. The van der Waals surface area contributed by atoms with E-state index in [1.165, 1.54) is 29.5 Å². The molecule has 5 rings (SSSR count). The molecule has 0 atom stereocenters. The van der Waals surface area contributed by atoms with Gasteiger partial charge >= 0.3 is 0 Å². The molecule has 0 spiro atoms. The molecule has 0 aliphatic rings. The van der Waals surface area contributed by atoms with Crippen LogP contribution in [0.1, 0.15) is 5.56 Å². The Morgan fingerprint density at radius 1 is 1.03 bits per heavy atom. The maximum Gasteiger partial charge on any atom is 0.234 e. The number of hydrogen-bond acceptors (Lipinski definition) is 6. The third-order valence-electron chi connectivity index (χ3n) is 5.23. The number of nitrogens with zero attached hydrogens (tertiary/aromatic N) is 4. The van der Waals surface area contributed by atoms with E-state index in [-0.39, 0.29) is 17.5 Å². The molecule has 2 heterocycles. The van der Waals surface area contributed by atoms with Crippen molar-refractivity contribution in [2.75, 3.05) is 11.1 Å². The quantitative estimate of drug-likeness (QED) is 0.299. The molecular weight excluding hydrogens is 469 g/mol. The molecule has 34 heavy (non-hydrogen) atoms. The summed E-state index contributed by atoms with van der Waals surface area (Å²) < 4.78 is 16.1. The van der Waals surface area contributed by atoms with E-state index in [2.05, 4.69) is 34.6 Å². The molecule has 0 unspecified atom stereocenters. The van der Waals surface area contributed by atoms with E-state index in [4.69, 9.17) is 4.98 Å². The van der Waals surface area contributed by atoms with Gasteiger partial charge < -0.3 is 9.88 Å². The molecule has 3 aromatic carbocycles. The van der Waals surface area contributed by atoms with Crippen molar-refractivity contribution >= 4 is 44.9 Å². The number of carbonyl (C=O) groups is 1. The summed E-state index contributed by atoms with van der Waals surface area (Å²) in [5.41, 5.74) is 4.70. The van der Waals surface area contributed by atoms with E-state index in [1.807, 2.05) is 37.4 Å². The van der Waals surface area contributed by atoms with Gasteiger partial charge in [-0.2, -0.15) is 0 Å². The number of carbonyl (C=O) groups excluding carboxylic acids is 1. The largest absolute Gasteiger partial charge is 0.325 e. The highest BCUT2D eigenvalue weighted by atomic mass is 32.2. The first-order valence-electron chi connectivity index (χ1n) is 10.5. The summed E-state index contributed by atoms with van der Waals surface area (Å²) >= 11 is 2.95. The second kappa shape index (κ2) is 9.36. The number of anilines is 1. The molecule has 0 saturated heterocycles. The van der Waals surface area contributed by atoms with Crippen LogP contribution >= 0.6 is 23.1 Å². The van der Waals surface area contributed by atoms with Gasteiger partial charge in [-0.15, -0.1) is 21.5 Å². The van der Waals surface area contributed by atoms with Crippen molar-refractivity contribution in [2.45, 2.75) is 12.1 Å². The van der Waals surface area contributed by atoms with Crippen LogP contribution in [0.5, 0.6) is 0 Å². The number of nitrogens with one attached hydrogen (secondary N) is 1. The smallest absolute Gasteiger partial charge is 0.234 e. The van der Waals surface area contributed by atoms with Gasteiger partial charge in [0, 0.05) is 23.9 Å². The van der Waals surface area contributed by atoms with E-state index >= 15 is 0 Å². The summed E-state index contributed by atoms with van der Waals surface area (Å²) in [5, 5.41) is 12.8. The molecule has 0 radical (unpaired) electrons. The van der Waals surface area contributed by atoms with Gasteiger partial charge in [0.1, 0.15) is 10.8 Å². The van der Waals surface area contributed by atoms with Gasteiger partial charge in [-0.3, -0.25) is 4.79 Å². The number of benzene rings is 3. The molecule has 1 amide bonds. The SMILES string of the molecule is Cc1ccc2nc(-c3ccc(NC(=O)CSc4nnc(-c5ccc(F)cc5)n4C)cc3)sc2c1. The fourth-order valence-corrected chi connectivity index (χ4v) is 5.25. The number of aryl methyl sites for hydroxylation is 1. The van der Waals surface area contributed by atoms with Crippen LogP contribution in [-0.2, 0) is 11.8 Å². The summed E-state index contributed by atoms with van der Waals surface area (Å²) in [6.45, 7) is 2.07. The van der Waals surface area contributed by atoms with E-state index < -0.39 is 0 Å². The van der Waals surface area contributed by atoms with Gasteiger partial charge in [0.25, 0.3) is 0 Å². The number of thioether (sulfide) groups is 1. The number of aromatic nitrogens is 4. The zero-order valence-electron chi connectivity index (χ0n) is 18.4. The number of halogens is 1. The van der Waals surface area contributed by atoms with Crippen molar-refractivity contribution < 1.29 is 9.18 Å². The third-order valence-corrected chi connectivity index (χ3v) is 7.32. The Morgan fingerprint density at radius 3 is 2.53 bits per heavy atom. The molecule has 0 aliphatic heterocycles. The zero-order chi connectivity index (χ0) is 23.7. The lowest BCUT2D eigenvalue weighted by Gasteiger charge is -2.06. The third kappa shape index (κ3) is 4.71. The highest BCUT2D eigenvalue weighted by Gasteiger charge is 2.13. The minimum atomic E-state index is -0.305. The summed E-state index contributed by atoms with van der Waals surface area (Å²) in [6.07, 6.45) is 0. The van der Waals surface area contributed by atoms with Crippen molar-refractivity contribution in [1.82, 2.24) is 19.7 Å². The number of amides is 1. The van der Waals surface area contributed by atoms with Gasteiger partial charge in [0.2, 0.25) is 5.91 Å². The predicted molar refractivity (Wildman–Crippen MR) is 136 cm³/mol. The van der Waals surface area contributed by atoms with Crippen LogP contribution in [0.3, 0.4) is 0 Å². The lowest BCUT2D eigenvalue weighted by Crippen LogP contribution is -2.14. The van der Waals surface area contributed by atoms with Crippen LogP contribution in [0, 0.1) is 12.7 Å². The number of hydrogen-bond donors (Lipinski definition) is 1. The molecule has 0 fully saturated rings. The summed E-state index contributed by atoms with van der Waals surface area (Å²) in [5.74, 6) is 0.359. The lowest BCUT2D eigenvalue weighted by molar-refractivity contribution is -0.113. The van der Waals surface area contributed by atoms with E-state index in [0.717, 1.165) is 32.0 Å². The van der Waals surface area contributed by atoms with Crippen molar-refractivity contribution in [2.24, 2.45) is 7.05 Å². The average Bonchev–Trinajstić information content (AvgIpc) is 3.42. The molecule has 0 saturated carbocycles. The first-order valence-corrected chi connectivity index (χ1v) is 12.3. The van der Waals surface area contributed by atoms with Crippen molar-refractivity contribution in [3.05, 3.63) is 78.1 Å². The lowest BCUT2D eigenvalue weighted by atomic mass is 10.2. The molecule has 0 aliphatic carbocycles. The summed E-state index contributed by atoms with van der Waals surface area (Å²) in [7, 11) is 1.82.